The third kappa shape index (κ3) is 6.25. The molecule has 4 nitrogen and oxygen atoms in total. The van der Waals surface area contributed by atoms with Crippen LogP contribution in [-0.4, -0.2) is 23.5 Å². The fourth-order valence-electron chi connectivity index (χ4n) is 5.59. The molecular weight excluding hydrogens is 386 g/mol. The van der Waals surface area contributed by atoms with Crippen LogP contribution in [0.25, 0.3) is 0 Å². The summed E-state index contributed by atoms with van der Waals surface area (Å²) in [4.78, 5) is 15.2. The molecule has 1 atom stereocenters. The number of carbonyl (C=O) groups excluding carboxylic acids is 1. The molecule has 0 spiro atoms. The highest BCUT2D eigenvalue weighted by molar-refractivity contribution is 5.88. The molecule has 174 valence electrons. The molecular formula is C27H43NO3. The molecule has 1 aromatic carbocycles. The zero-order chi connectivity index (χ0) is 22.5. The van der Waals surface area contributed by atoms with E-state index in [0.717, 1.165) is 18.5 Å². The van der Waals surface area contributed by atoms with Crippen molar-refractivity contribution in [3.8, 4) is 0 Å². The van der Waals surface area contributed by atoms with Crippen LogP contribution in [0, 0.1) is 11.8 Å². The smallest absolute Gasteiger partial charge is 0.416 e. The Morgan fingerprint density at radius 2 is 1.32 bits per heavy atom. The number of amides is 1. The molecule has 0 aliphatic heterocycles. The van der Waals surface area contributed by atoms with Crippen LogP contribution in [0.2, 0.25) is 0 Å². The number of nitrogens with zero attached hydrogens (tertiary/aromatic N) is 1. The maximum atomic E-state index is 13.5. The van der Waals surface area contributed by atoms with Crippen LogP contribution in [0.5, 0.6) is 0 Å². The first-order valence-corrected chi connectivity index (χ1v) is 12.5. The minimum Gasteiger partial charge on any atom is -0.443 e. The maximum absolute atomic E-state index is 13.5. The van der Waals surface area contributed by atoms with Crippen molar-refractivity contribution in [1.82, 2.24) is 0 Å². The van der Waals surface area contributed by atoms with Crippen molar-refractivity contribution in [2.45, 2.75) is 116 Å². The number of benzene rings is 1. The molecule has 1 aromatic rings. The van der Waals surface area contributed by atoms with Gasteiger partial charge in [0.2, 0.25) is 0 Å². The van der Waals surface area contributed by atoms with E-state index in [4.69, 9.17) is 9.47 Å². The topological polar surface area (TPSA) is 38.8 Å². The van der Waals surface area contributed by atoms with Gasteiger partial charge in [0.05, 0.1) is 5.60 Å². The highest BCUT2D eigenvalue weighted by Gasteiger charge is 2.39. The van der Waals surface area contributed by atoms with Crippen LogP contribution >= 0.6 is 0 Å². The molecule has 2 aliphatic rings. The largest absolute Gasteiger partial charge is 0.443 e. The SMILES string of the molecule is CC(OC(C)(C)C1CCCCC1)N(C(=O)OC(C)(C)C1CCCCC1)c1ccccc1. The Morgan fingerprint density at radius 3 is 1.84 bits per heavy atom. The van der Waals surface area contributed by atoms with Gasteiger partial charge in [-0.1, -0.05) is 56.7 Å². The first-order chi connectivity index (χ1) is 14.7. The molecule has 1 amide bonds. The average molecular weight is 430 g/mol. The zero-order valence-electron chi connectivity index (χ0n) is 20.4. The monoisotopic (exact) mass is 429 g/mol. The van der Waals surface area contributed by atoms with E-state index in [1.165, 1.54) is 51.4 Å². The summed E-state index contributed by atoms with van der Waals surface area (Å²) in [7, 11) is 0. The lowest BCUT2D eigenvalue weighted by Gasteiger charge is -2.42. The first-order valence-electron chi connectivity index (χ1n) is 12.5. The molecule has 2 fully saturated rings. The first kappa shape index (κ1) is 24.1. The van der Waals surface area contributed by atoms with E-state index in [2.05, 4.69) is 27.7 Å². The Labute approximate surface area is 189 Å². The average Bonchev–Trinajstić information content (AvgIpc) is 2.75. The van der Waals surface area contributed by atoms with Crippen molar-refractivity contribution in [2.24, 2.45) is 11.8 Å². The van der Waals surface area contributed by atoms with Crippen LogP contribution in [0.1, 0.15) is 98.8 Å². The van der Waals surface area contributed by atoms with Gasteiger partial charge in [0.15, 0.2) is 0 Å². The van der Waals surface area contributed by atoms with E-state index < -0.39 is 11.8 Å². The molecule has 4 heteroatoms. The molecule has 0 saturated heterocycles. The minimum atomic E-state index is -0.483. The second kappa shape index (κ2) is 10.4. The lowest BCUT2D eigenvalue weighted by molar-refractivity contribution is -0.108. The van der Waals surface area contributed by atoms with Crippen LogP contribution in [0.15, 0.2) is 30.3 Å². The number of carbonyl (C=O) groups is 1. The molecule has 2 aliphatic carbocycles. The van der Waals surface area contributed by atoms with E-state index in [1.54, 1.807) is 4.90 Å². The predicted molar refractivity (Wildman–Crippen MR) is 127 cm³/mol. The van der Waals surface area contributed by atoms with Gasteiger partial charge in [-0.2, -0.15) is 0 Å². The molecule has 0 aromatic heterocycles. The van der Waals surface area contributed by atoms with Gasteiger partial charge < -0.3 is 9.47 Å². The van der Waals surface area contributed by atoms with Crippen molar-refractivity contribution in [3.63, 3.8) is 0 Å². The molecule has 31 heavy (non-hydrogen) atoms. The van der Waals surface area contributed by atoms with Crippen LogP contribution < -0.4 is 4.90 Å². The predicted octanol–water partition coefficient (Wildman–Crippen LogP) is 7.71. The Kier molecular flexibility index (Phi) is 8.07. The molecule has 2 saturated carbocycles. The molecule has 1 unspecified atom stereocenters. The Bertz CT molecular complexity index is 688. The van der Waals surface area contributed by atoms with Gasteiger partial charge in [-0.25, -0.2) is 4.79 Å². The van der Waals surface area contributed by atoms with Crippen molar-refractivity contribution in [3.05, 3.63) is 30.3 Å². The third-order valence-electron chi connectivity index (χ3n) is 7.60. The van der Waals surface area contributed by atoms with E-state index >= 15 is 0 Å². The van der Waals surface area contributed by atoms with Gasteiger partial charge in [0.1, 0.15) is 11.8 Å². The lowest BCUT2D eigenvalue weighted by Crippen LogP contribution is -2.50. The number of ether oxygens (including phenoxy) is 2. The summed E-state index contributed by atoms with van der Waals surface area (Å²) in [5.74, 6) is 0.939. The quantitative estimate of drug-likeness (QED) is 0.417. The molecule has 0 radical (unpaired) electrons. The van der Waals surface area contributed by atoms with Crippen LogP contribution in [0.3, 0.4) is 0 Å². The van der Waals surface area contributed by atoms with Gasteiger partial charge in [-0.15, -0.1) is 0 Å². The van der Waals surface area contributed by atoms with E-state index in [9.17, 15) is 4.79 Å². The third-order valence-corrected chi connectivity index (χ3v) is 7.60. The standard InChI is InChI=1S/C27H43NO3/c1-21(30-26(2,3)22-15-9-6-10-16-22)28(24-19-13-8-14-20-24)25(29)31-27(4,5)23-17-11-7-12-18-23/h8,13-14,19-23H,6-7,9-12,15-18H2,1-5H3. The second-order valence-corrected chi connectivity index (χ2v) is 10.7. The highest BCUT2D eigenvalue weighted by atomic mass is 16.6. The van der Waals surface area contributed by atoms with Gasteiger partial charge in [-0.05, 0) is 84.3 Å². The van der Waals surface area contributed by atoms with Gasteiger partial charge in [0, 0.05) is 5.69 Å². The summed E-state index contributed by atoms with van der Waals surface area (Å²) in [6, 6.07) is 9.81. The molecule has 3 rings (SSSR count). The number of anilines is 1. The zero-order valence-corrected chi connectivity index (χ0v) is 20.4. The summed E-state index contributed by atoms with van der Waals surface area (Å²) < 4.78 is 12.8. The summed E-state index contributed by atoms with van der Waals surface area (Å²) >= 11 is 0. The summed E-state index contributed by atoms with van der Waals surface area (Å²) in [6.45, 7) is 10.5. The molecule has 0 bridgehead atoms. The maximum Gasteiger partial charge on any atom is 0.416 e. The van der Waals surface area contributed by atoms with Gasteiger partial charge in [0.25, 0.3) is 0 Å². The summed E-state index contributed by atoms with van der Waals surface area (Å²) in [5.41, 5.74) is 0.0497. The van der Waals surface area contributed by atoms with Crippen molar-refractivity contribution in [1.29, 1.82) is 0 Å². The van der Waals surface area contributed by atoms with E-state index in [-0.39, 0.29) is 11.7 Å². The van der Waals surface area contributed by atoms with Gasteiger partial charge in [-0.3, -0.25) is 4.90 Å². The normalized spacial score (nSPS) is 20.3. The Hall–Kier alpha value is -1.55. The van der Waals surface area contributed by atoms with E-state index in [1.807, 2.05) is 37.3 Å². The van der Waals surface area contributed by atoms with Gasteiger partial charge >= 0.3 is 6.09 Å². The Balaban J connectivity index is 1.76. The van der Waals surface area contributed by atoms with Crippen LogP contribution in [0.4, 0.5) is 10.5 Å². The number of hydrogen-bond acceptors (Lipinski definition) is 3. The number of hydrogen-bond donors (Lipinski definition) is 0. The van der Waals surface area contributed by atoms with E-state index in [0.29, 0.717) is 11.8 Å². The fraction of sp³-hybridized carbons (Fsp3) is 0.741. The molecule has 0 N–H and O–H groups in total. The second-order valence-electron chi connectivity index (χ2n) is 10.7. The minimum absolute atomic E-state index is 0.286. The van der Waals surface area contributed by atoms with Crippen molar-refractivity contribution in [2.75, 3.05) is 4.90 Å². The fourth-order valence-corrected chi connectivity index (χ4v) is 5.59. The summed E-state index contributed by atoms with van der Waals surface area (Å²) in [6.07, 6.45) is 11.5. The van der Waals surface area contributed by atoms with Crippen molar-refractivity contribution < 1.29 is 14.3 Å². The van der Waals surface area contributed by atoms with Crippen molar-refractivity contribution >= 4 is 11.8 Å². The number of rotatable bonds is 7. The summed E-state index contributed by atoms with van der Waals surface area (Å²) in [5, 5.41) is 0. The van der Waals surface area contributed by atoms with Crippen LogP contribution in [-0.2, 0) is 9.47 Å². The highest BCUT2D eigenvalue weighted by Crippen LogP contribution is 2.38. The number of para-hydroxylation sites is 1. The lowest BCUT2D eigenvalue weighted by atomic mass is 9.78. The molecule has 0 heterocycles. The Morgan fingerprint density at radius 1 is 0.839 bits per heavy atom.